The lowest BCUT2D eigenvalue weighted by molar-refractivity contribution is -0.141. The fraction of sp³-hybridized carbons (Fsp3) is 0.750. The molecule has 7 aliphatic rings. The fourth-order valence-electron chi connectivity index (χ4n) is 8.50. The van der Waals surface area contributed by atoms with Crippen molar-refractivity contribution in [3.8, 4) is 0 Å². The number of ketones is 2. The summed E-state index contributed by atoms with van der Waals surface area (Å²) in [5.74, 6) is 7.25. The normalized spacial score (nSPS) is 78.0. The summed E-state index contributed by atoms with van der Waals surface area (Å²) in [6, 6.07) is 0. The van der Waals surface area contributed by atoms with Gasteiger partial charge in [0.1, 0.15) is 11.6 Å². The van der Waals surface area contributed by atoms with Gasteiger partial charge >= 0.3 is 0 Å². The summed E-state index contributed by atoms with van der Waals surface area (Å²) in [6.45, 7) is 0. The number of carbonyl (C=O) groups excluding carboxylic acids is 2. The Bertz CT molecular complexity index is 554. The predicted molar refractivity (Wildman–Crippen MR) is 61.0 cm³/mol. The topological polar surface area (TPSA) is 34.1 Å². The molecule has 6 saturated carbocycles. The Morgan fingerprint density at radius 2 is 1.00 bits per heavy atom. The van der Waals surface area contributed by atoms with E-state index in [4.69, 9.17) is 0 Å². The van der Waals surface area contributed by atoms with E-state index in [1.165, 1.54) is 0 Å². The zero-order valence-electron chi connectivity index (χ0n) is 9.90. The van der Waals surface area contributed by atoms with E-state index in [0.717, 1.165) is 5.92 Å². The maximum atomic E-state index is 12.7. The molecular formula is C16H14O2. The molecule has 2 unspecified atom stereocenters. The maximum absolute atomic E-state index is 12.7. The second kappa shape index (κ2) is 1.97. The molecular weight excluding hydrogens is 224 g/mol. The van der Waals surface area contributed by atoms with Gasteiger partial charge in [0.25, 0.3) is 0 Å². The molecule has 0 aromatic heterocycles. The number of fused-ring (bicyclic) bond motifs is 3. The summed E-state index contributed by atoms with van der Waals surface area (Å²) in [7, 11) is 0. The molecule has 12 atom stereocenters. The molecule has 0 aliphatic heterocycles. The summed E-state index contributed by atoms with van der Waals surface area (Å²) in [5, 5.41) is 0. The van der Waals surface area contributed by atoms with Gasteiger partial charge in [-0.3, -0.25) is 9.59 Å². The van der Waals surface area contributed by atoms with Gasteiger partial charge in [-0.1, -0.05) is 12.2 Å². The average Bonchev–Trinajstić information content (AvgIpc) is 2.98. The lowest BCUT2D eigenvalue weighted by atomic mass is 9.59. The molecule has 0 bridgehead atoms. The summed E-state index contributed by atoms with van der Waals surface area (Å²) in [6.07, 6.45) is 4.65. The van der Waals surface area contributed by atoms with Crippen LogP contribution in [-0.2, 0) is 9.59 Å². The SMILES string of the molecule is O=C1[C@H]2[C@H]3C(=O)[C@H]4[C@@H]5C6C7[C@H](C=C[C@@H]74)[C@@H]1[C@@H]6[C@H]2[C@H]35. The molecule has 90 valence electrons. The van der Waals surface area contributed by atoms with Gasteiger partial charge < -0.3 is 0 Å². The van der Waals surface area contributed by atoms with Crippen molar-refractivity contribution in [2.75, 3.05) is 0 Å². The standard InChI is InChI=1S/C16H14O2/c17-15-6-3-1-2-4-5(3)8-9(6)11-12-10(8)7(4)16(18)14(12)13(11)15/h1-14H/t3-,4-,5?,6+,7+,8?,9-,10+,11-,12+,13+,14-/m0/s1. The highest BCUT2D eigenvalue weighted by Gasteiger charge is 2.86. The molecule has 0 aromatic carbocycles. The molecule has 0 radical (unpaired) electrons. The largest absolute Gasteiger partial charge is 0.299 e. The summed E-state index contributed by atoms with van der Waals surface area (Å²) in [4.78, 5) is 25.4. The number of allylic oxidation sites excluding steroid dienone is 2. The third-order valence-electron chi connectivity index (χ3n) is 8.30. The van der Waals surface area contributed by atoms with E-state index in [-0.39, 0.29) is 11.8 Å². The van der Waals surface area contributed by atoms with Crippen LogP contribution >= 0.6 is 0 Å². The first kappa shape index (κ1) is 8.29. The van der Waals surface area contributed by atoms with E-state index in [1.54, 1.807) is 0 Å². The van der Waals surface area contributed by atoms with Crippen molar-refractivity contribution < 1.29 is 9.59 Å². The van der Waals surface area contributed by atoms with Crippen LogP contribution in [0, 0.1) is 71.0 Å². The maximum Gasteiger partial charge on any atom is 0.140 e. The number of rotatable bonds is 0. The van der Waals surface area contributed by atoms with Crippen molar-refractivity contribution in [1.29, 1.82) is 0 Å². The first-order valence-electron chi connectivity index (χ1n) is 7.56. The molecule has 0 aromatic rings. The van der Waals surface area contributed by atoms with Crippen molar-refractivity contribution in [3.63, 3.8) is 0 Å². The van der Waals surface area contributed by atoms with Crippen molar-refractivity contribution in [1.82, 2.24) is 0 Å². The minimum atomic E-state index is 0.184. The van der Waals surface area contributed by atoms with Crippen molar-refractivity contribution >= 4 is 11.6 Å². The molecule has 0 amide bonds. The predicted octanol–water partition coefficient (Wildman–Crippen LogP) is 1.17. The summed E-state index contributed by atoms with van der Waals surface area (Å²) < 4.78 is 0. The molecule has 0 N–H and O–H groups in total. The minimum absolute atomic E-state index is 0.184. The first-order valence-corrected chi connectivity index (χ1v) is 7.56. The number of hydrogen-bond donors (Lipinski definition) is 0. The Labute approximate surface area is 105 Å². The van der Waals surface area contributed by atoms with Crippen molar-refractivity contribution in [3.05, 3.63) is 12.2 Å². The highest BCUT2D eigenvalue weighted by atomic mass is 16.1. The summed E-state index contributed by atoms with van der Waals surface area (Å²) >= 11 is 0. The fourth-order valence-corrected chi connectivity index (χ4v) is 8.50. The van der Waals surface area contributed by atoms with Crippen LogP contribution in [0.5, 0.6) is 0 Å². The van der Waals surface area contributed by atoms with E-state index < -0.39 is 0 Å². The zero-order chi connectivity index (χ0) is 11.5. The van der Waals surface area contributed by atoms with Gasteiger partial charge in [-0.2, -0.15) is 0 Å². The van der Waals surface area contributed by atoms with Crippen LogP contribution < -0.4 is 0 Å². The quantitative estimate of drug-likeness (QED) is 0.594. The lowest BCUT2D eigenvalue weighted by Gasteiger charge is -2.42. The number of carbonyl (C=O) groups is 2. The highest BCUT2D eigenvalue weighted by Crippen LogP contribution is 2.85. The van der Waals surface area contributed by atoms with Crippen LogP contribution in [0.1, 0.15) is 0 Å². The van der Waals surface area contributed by atoms with Crippen LogP contribution in [0.25, 0.3) is 0 Å². The molecule has 18 heavy (non-hydrogen) atoms. The Balaban J connectivity index is 1.65. The first-order chi connectivity index (χ1) is 8.80. The highest BCUT2D eigenvalue weighted by molar-refractivity contribution is 6.00. The second-order valence-electron chi connectivity index (χ2n) is 7.91. The molecule has 0 spiro atoms. The Hall–Kier alpha value is -0.920. The van der Waals surface area contributed by atoms with Crippen molar-refractivity contribution in [2.24, 2.45) is 71.0 Å². The van der Waals surface area contributed by atoms with Gasteiger partial charge in [-0.25, -0.2) is 0 Å². The van der Waals surface area contributed by atoms with E-state index in [1.807, 2.05) is 0 Å². The number of Topliss-reactive ketones (excluding diaryl/α,β-unsaturated/α-hetero) is 2. The van der Waals surface area contributed by atoms with Crippen molar-refractivity contribution in [2.45, 2.75) is 0 Å². The van der Waals surface area contributed by atoms with E-state index in [2.05, 4.69) is 12.2 Å². The summed E-state index contributed by atoms with van der Waals surface area (Å²) in [5.41, 5.74) is 0. The van der Waals surface area contributed by atoms with Crippen LogP contribution in [0.2, 0.25) is 0 Å². The monoisotopic (exact) mass is 238 g/mol. The van der Waals surface area contributed by atoms with Gasteiger partial charge in [0.05, 0.1) is 0 Å². The smallest absolute Gasteiger partial charge is 0.140 e. The number of hydrogen-bond acceptors (Lipinski definition) is 2. The van der Waals surface area contributed by atoms with Gasteiger partial charge in [-0.15, -0.1) is 0 Å². The average molecular weight is 238 g/mol. The molecule has 7 aliphatic carbocycles. The Morgan fingerprint density at radius 3 is 1.50 bits per heavy atom. The van der Waals surface area contributed by atoms with Crippen LogP contribution in [-0.4, -0.2) is 11.6 Å². The van der Waals surface area contributed by atoms with E-state index in [9.17, 15) is 9.59 Å². The van der Waals surface area contributed by atoms with Gasteiger partial charge in [0, 0.05) is 23.7 Å². The van der Waals surface area contributed by atoms with Gasteiger partial charge in [0.15, 0.2) is 0 Å². The molecule has 2 nitrogen and oxygen atoms in total. The van der Waals surface area contributed by atoms with E-state index >= 15 is 0 Å². The molecule has 0 saturated heterocycles. The van der Waals surface area contributed by atoms with Crippen LogP contribution in [0.3, 0.4) is 0 Å². The molecule has 2 heteroatoms. The third-order valence-corrected chi connectivity index (χ3v) is 8.30. The van der Waals surface area contributed by atoms with Crippen LogP contribution in [0.15, 0.2) is 12.2 Å². The minimum Gasteiger partial charge on any atom is -0.299 e. The second-order valence-corrected chi connectivity index (χ2v) is 7.91. The molecule has 7 rings (SSSR count). The molecule has 6 fully saturated rings. The Morgan fingerprint density at radius 1 is 0.556 bits per heavy atom. The zero-order valence-corrected chi connectivity index (χ0v) is 9.90. The van der Waals surface area contributed by atoms with Gasteiger partial charge in [0.2, 0.25) is 0 Å². The van der Waals surface area contributed by atoms with Gasteiger partial charge in [-0.05, 0) is 47.3 Å². The Kier molecular flexibility index (Phi) is 0.908. The van der Waals surface area contributed by atoms with E-state index in [0.29, 0.717) is 64.8 Å². The third kappa shape index (κ3) is 0.466. The molecule has 0 heterocycles. The lowest BCUT2D eigenvalue weighted by Crippen LogP contribution is -2.47. The van der Waals surface area contributed by atoms with Crippen LogP contribution in [0.4, 0.5) is 0 Å².